The summed E-state index contributed by atoms with van der Waals surface area (Å²) < 4.78 is 9.20. The van der Waals surface area contributed by atoms with Gasteiger partial charge in [0, 0.05) is 6.42 Å². The first-order chi connectivity index (χ1) is 9.55. The lowest BCUT2D eigenvalue weighted by Crippen LogP contribution is -2.25. The largest absolute Gasteiger partial charge is 0.462 e. The molecule has 0 aliphatic heterocycles. The molecule has 1 aliphatic rings. The van der Waals surface area contributed by atoms with Gasteiger partial charge in [-0.15, -0.1) is 5.10 Å². The van der Waals surface area contributed by atoms with Crippen molar-refractivity contribution in [1.29, 1.82) is 0 Å². The molecule has 2 aromatic rings. The maximum atomic E-state index is 5.65. The van der Waals surface area contributed by atoms with Gasteiger partial charge in [-0.2, -0.15) is 4.68 Å². The fourth-order valence-corrected chi connectivity index (χ4v) is 1.90. The zero-order valence-corrected chi connectivity index (χ0v) is 11.9. The molecule has 1 saturated carbocycles. The molecular formula is C11H18N8O. The summed E-state index contributed by atoms with van der Waals surface area (Å²) in [6.45, 7) is 6.50. The molecular weight excluding hydrogens is 260 g/mol. The molecule has 0 spiro atoms. The number of tetrazole rings is 2. The number of hydrogen-bond donors (Lipinski definition) is 0. The van der Waals surface area contributed by atoms with Crippen LogP contribution in [0.25, 0.3) is 0 Å². The summed E-state index contributed by atoms with van der Waals surface area (Å²) in [5, 5.41) is 23.2. The third-order valence-electron chi connectivity index (χ3n) is 3.09. The highest BCUT2D eigenvalue weighted by molar-refractivity contribution is 4.94. The van der Waals surface area contributed by atoms with Crippen LogP contribution in [-0.2, 0) is 12.0 Å². The Balaban J connectivity index is 1.60. The summed E-state index contributed by atoms with van der Waals surface area (Å²) in [6, 6.07) is 0.892. The Morgan fingerprint density at radius 2 is 1.90 bits per heavy atom. The number of rotatable bonds is 5. The number of ether oxygens (including phenoxy) is 1. The van der Waals surface area contributed by atoms with Crippen molar-refractivity contribution in [2.45, 2.75) is 51.6 Å². The molecule has 0 atom stereocenters. The first-order valence-electron chi connectivity index (χ1n) is 6.74. The number of hydrogen-bond acceptors (Lipinski definition) is 7. The van der Waals surface area contributed by atoms with Gasteiger partial charge in [-0.1, -0.05) is 5.10 Å². The molecule has 9 nitrogen and oxygen atoms in total. The lowest BCUT2D eigenvalue weighted by atomic mass is 10.1. The van der Waals surface area contributed by atoms with Crippen molar-refractivity contribution in [3.8, 4) is 6.01 Å². The van der Waals surface area contributed by atoms with Crippen LogP contribution in [0.3, 0.4) is 0 Å². The van der Waals surface area contributed by atoms with Gasteiger partial charge in [0.05, 0.1) is 18.2 Å². The van der Waals surface area contributed by atoms with Crippen LogP contribution in [0.1, 0.15) is 45.5 Å². The molecule has 0 N–H and O–H groups in total. The van der Waals surface area contributed by atoms with Crippen molar-refractivity contribution in [3.63, 3.8) is 0 Å². The van der Waals surface area contributed by atoms with Gasteiger partial charge in [0.1, 0.15) is 0 Å². The fraction of sp³-hybridized carbons (Fsp3) is 0.818. The van der Waals surface area contributed by atoms with Crippen molar-refractivity contribution >= 4 is 0 Å². The topological polar surface area (TPSA) is 96.4 Å². The fourth-order valence-electron chi connectivity index (χ4n) is 1.90. The van der Waals surface area contributed by atoms with E-state index in [2.05, 4.69) is 31.1 Å². The molecule has 108 valence electrons. The van der Waals surface area contributed by atoms with Gasteiger partial charge >= 0.3 is 6.01 Å². The van der Waals surface area contributed by atoms with Crippen LogP contribution in [0.5, 0.6) is 6.01 Å². The van der Waals surface area contributed by atoms with Crippen LogP contribution in [0.15, 0.2) is 0 Å². The van der Waals surface area contributed by atoms with E-state index in [0.717, 1.165) is 18.7 Å². The van der Waals surface area contributed by atoms with Gasteiger partial charge in [0.25, 0.3) is 0 Å². The Bertz CT molecular complexity index is 579. The third-order valence-corrected chi connectivity index (χ3v) is 3.09. The van der Waals surface area contributed by atoms with E-state index in [1.54, 1.807) is 4.68 Å². The summed E-state index contributed by atoms with van der Waals surface area (Å²) in [7, 11) is 0. The maximum absolute atomic E-state index is 5.65. The predicted molar refractivity (Wildman–Crippen MR) is 68.1 cm³/mol. The molecule has 0 saturated heterocycles. The van der Waals surface area contributed by atoms with Crippen LogP contribution in [0.2, 0.25) is 0 Å². The van der Waals surface area contributed by atoms with E-state index in [1.165, 1.54) is 0 Å². The molecule has 0 bridgehead atoms. The summed E-state index contributed by atoms with van der Waals surface area (Å²) >= 11 is 0. The molecule has 0 amide bonds. The van der Waals surface area contributed by atoms with E-state index in [0.29, 0.717) is 25.1 Å². The molecule has 2 aromatic heterocycles. The Morgan fingerprint density at radius 3 is 2.60 bits per heavy atom. The highest BCUT2D eigenvalue weighted by Crippen LogP contribution is 2.34. The SMILES string of the molecule is CC(C)(C)n1nnnc1OCCc1nnnn1C1CC1. The second-order valence-electron chi connectivity index (χ2n) is 5.91. The van der Waals surface area contributed by atoms with Gasteiger partial charge in [-0.05, 0) is 54.5 Å². The van der Waals surface area contributed by atoms with E-state index in [1.807, 2.05) is 25.5 Å². The van der Waals surface area contributed by atoms with Crippen LogP contribution in [-0.4, -0.2) is 47.0 Å². The molecule has 1 aliphatic carbocycles. The van der Waals surface area contributed by atoms with E-state index in [4.69, 9.17) is 4.74 Å². The Hall–Kier alpha value is -2.06. The Morgan fingerprint density at radius 1 is 1.15 bits per heavy atom. The lowest BCUT2D eigenvalue weighted by Gasteiger charge is -2.19. The van der Waals surface area contributed by atoms with Gasteiger partial charge in [-0.25, -0.2) is 4.68 Å². The Kier molecular flexibility index (Phi) is 3.11. The predicted octanol–water partition coefficient (Wildman–Crippen LogP) is 0.371. The van der Waals surface area contributed by atoms with Crippen LogP contribution in [0.4, 0.5) is 0 Å². The molecule has 3 rings (SSSR count). The first-order valence-corrected chi connectivity index (χ1v) is 6.74. The van der Waals surface area contributed by atoms with Crippen LogP contribution >= 0.6 is 0 Å². The molecule has 0 unspecified atom stereocenters. The highest BCUT2D eigenvalue weighted by Gasteiger charge is 2.27. The highest BCUT2D eigenvalue weighted by atomic mass is 16.5. The minimum atomic E-state index is -0.214. The zero-order valence-electron chi connectivity index (χ0n) is 11.9. The average molecular weight is 278 g/mol. The standard InChI is InChI=1S/C11H18N8O/c1-11(2,3)19-10(13-15-17-19)20-7-6-9-12-14-16-18(9)8-4-5-8/h8H,4-7H2,1-3H3. The number of nitrogens with zero attached hydrogens (tertiary/aromatic N) is 8. The molecule has 20 heavy (non-hydrogen) atoms. The molecule has 1 fully saturated rings. The summed E-state index contributed by atoms with van der Waals surface area (Å²) in [5.74, 6) is 0.849. The van der Waals surface area contributed by atoms with Crippen molar-refractivity contribution in [2.75, 3.05) is 6.61 Å². The quantitative estimate of drug-likeness (QED) is 0.779. The van der Waals surface area contributed by atoms with Gasteiger partial charge in [0.2, 0.25) is 0 Å². The summed E-state index contributed by atoms with van der Waals surface area (Å²) in [4.78, 5) is 0. The zero-order chi connectivity index (χ0) is 14.2. The minimum Gasteiger partial charge on any atom is -0.462 e. The summed E-state index contributed by atoms with van der Waals surface area (Å²) in [5.41, 5.74) is -0.214. The molecule has 2 heterocycles. The van der Waals surface area contributed by atoms with Crippen molar-refractivity contribution < 1.29 is 4.74 Å². The van der Waals surface area contributed by atoms with Crippen molar-refractivity contribution in [2.24, 2.45) is 0 Å². The second-order valence-corrected chi connectivity index (χ2v) is 5.91. The van der Waals surface area contributed by atoms with E-state index >= 15 is 0 Å². The molecule has 0 aromatic carbocycles. The monoisotopic (exact) mass is 278 g/mol. The second kappa shape index (κ2) is 4.80. The van der Waals surface area contributed by atoms with E-state index in [9.17, 15) is 0 Å². The van der Waals surface area contributed by atoms with Crippen molar-refractivity contribution in [3.05, 3.63) is 5.82 Å². The lowest BCUT2D eigenvalue weighted by molar-refractivity contribution is 0.233. The normalized spacial score (nSPS) is 15.6. The van der Waals surface area contributed by atoms with Crippen LogP contribution < -0.4 is 4.74 Å². The maximum Gasteiger partial charge on any atom is 0.335 e. The van der Waals surface area contributed by atoms with Crippen molar-refractivity contribution in [1.82, 2.24) is 40.4 Å². The van der Waals surface area contributed by atoms with Gasteiger partial charge in [0.15, 0.2) is 5.82 Å². The molecule has 9 heteroatoms. The smallest absolute Gasteiger partial charge is 0.335 e. The first kappa shape index (κ1) is 12.9. The average Bonchev–Trinajstić information content (AvgIpc) is 2.92. The van der Waals surface area contributed by atoms with E-state index in [-0.39, 0.29) is 5.54 Å². The Labute approximate surface area is 116 Å². The minimum absolute atomic E-state index is 0.214. The van der Waals surface area contributed by atoms with Gasteiger partial charge in [-0.3, -0.25) is 0 Å². The van der Waals surface area contributed by atoms with Crippen LogP contribution in [0, 0.1) is 0 Å². The third kappa shape index (κ3) is 2.61. The summed E-state index contributed by atoms with van der Waals surface area (Å²) in [6.07, 6.45) is 2.95. The van der Waals surface area contributed by atoms with E-state index < -0.39 is 0 Å². The number of aromatic nitrogens is 8. The molecule has 0 radical (unpaired) electrons. The van der Waals surface area contributed by atoms with Gasteiger partial charge < -0.3 is 4.74 Å².